The number of H-pyrrole nitrogens is 1. The van der Waals surface area contributed by atoms with Gasteiger partial charge in [-0.1, -0.05) is 18.2 Å². The van der Waals surface area contributed by atoms with E-state index in [0.717, 1.165) is 5.56 Å². The summed E-state index contributed by atoms with van der Waals surface area (Å²) >= 11 is 0. The molecule has 0 saturated heterocycles. The first-order valence-corrected chi connectivity index (χ1v) is 4.96. The summed E-state index contributed by atoms with van der Waals surface area (Å²) in [6, 6.07) is 7.29. The lowest BCUT2D eigenvalue weighted by Gasteiger charge is -2.04. The molecule has 2 rings (SSSR count). The summed E-state index contributed by atoms with van der Waals surface area (Å²) in [5.74, 6) is 5.23. The molecule has 0 unspecified atom stereocenters. The van der Waals surface area contributed by atoms with E-state index in [1.807, 2.05) is 18.2 Å². The van der Waals surface area contributed by atoms with E-state index in [1.165, 1.54) is 0 Å². The molecule has 0 aliphatic carbocycles. The van der Waals surface area contributed by atoms with Gasteiger partial charge in [-0.3, -0.25) is 15.2 Å². The van der Waals surface area contributed by atoms with Crippen molar-refractivity contribution in [1.82, 2.24) is 15.2 Å². The van der Waals surface area contributed by atoms with Gasteiger partial charge in [0.2, 0.25) is 5.95 Å². The SMILES string of the molecule is NNc1nnc(Cc2ccccc2N)c(=O)[nH]1. The minimum absolute atomic E-state index is 0.125. The Morgan fingerprint density at radius 3 is 2.71 bits per heavy atom. The molecule has 88 valence electrons. The fourth-order valence-corrected chi connectivity index (χ4v) is 1.42. The number of hydrogen-bond donors (Lipinski definition) is 4. The Morgan fingerprint density at radius 1 is 1.29 bits per heavy atom. The fraction of sp³-hybridized carbons (Fsp3) is 0.100. The number of rotatable bonds is 3. The van der Waals surface area contributed by atoms with Gasteiger partial charge >= 0.3 is 0 Å². The Labute approximate surface area is 96.8 Å². The lowest BCUT2D eigenvalue weighted by atomic mass is 10.1. The minimum Gasteiger partial charge on any atom is -0.398 e. The van der Waals surface area contributed by atoms with Crippen molar-refractivity contribution in [3.05, 3.63) is 45.9 Å². The second-order valence-corrected chi connectivity index (χ2v) is 3.47. The molecule has 0 aliphatic heterocycles. The van der Waals surface area contributed by atoms with Crippen LogP contribution in [0.2, 0.25) is 0 Å². The van der Waals surface area contributed by atoms with Gasteiger partial charge in [-0.05, 0) is 11.6 Å². The van der Waals surface area contributed by atoms with Gasteiger partial charge in [-0.15, -0.1) is 10.2 Å². The van der Waals surface area contributed by atoms with Gasteiger partial charge in [0.05, 0.1) is 0 Å². The number of para-hydroxylation sites is 1. The summed E-state index contributed by atoms with van der Waals surface area (Å²) in [5.41, 5.74) is 9.41. The van der Waals surface area contributed by atoms with Crippen LogP contribution in [0, 0.1) is 0 Å². The average Bonchev–Trinajstić information content (AvgIpc) is 2.34. The molecule has 1 heterocycles. The molecule has 0 saturated carbocycles. The van der Waals surface area contributed by atoms with Crippen molar-refractivity contribution in [3.63, 3.8) is 0 Å². The molecule has 1 aromatic heterocycles. The number of aromatic nitrogens is 3. The van der Waals surface area contributed by atoms with E-state index in [4.69, 9.17) is 11.6 Å². The van der Waals surface area contributed by atoms with E-state index in [2.05, 4.69) is 20.6 Å². The third-order valence-corrected chi connectivity index (χ3v) is 2.31. The highest BCUT2D eigenvalue weighted by molar-refractivity contribution is 5.47. The van der Waals surface area contributed by atoms with Crippen LogP contribution in [0.3, 0.4) is 0 Å². The second-order valence-electron chi connectivity index (χ2n) is 3.47. The molecular formula is C10H12N6O. The summed E-state index contributed by atoms with van der Waals surface area (Å²) in [7, 11) is 0. The van der Waals surface area contributed by atoms with Crippen LogP contribution < -0.4 is 22.6 Å². The maximum atomic E-state index is 11.6. The lowest BCUT2D eigenvalue weighted by Crippen LogP contribution is -2.22. The largest absolute Gasteiger partial charge is 0.398 e. The Morgan fingerprint density at radius 2 is 2.06 bits per heavy atom. The van der Waals surface area contributed by atoms with E-state index in [9.17, 15) is 4.79 Å². The second kappa shape index (κ2) is 4.62. The molecule has 0 fully saturated rings. The average molecular weight is 232 g/mol. The van der Waals surface area contributed by atoms with Gasteiger partial charge in [-0.25, -0.2) is 5.84 Å². The van der Waals surface area contributed by atoms with Crippen molar-refractivity contribution < 1.29 is 0 Å². The molecule has 7 heteroatoms. The Kier molecular flexibility index (Phi) is 3.01. The number of anilines is 2. The lowest BCUT2D eigenvalue weighted by molar-refractivity contribution is 0.866. The standard InChI is InChI=1S/C10H12N6O/c11-7-4-2-1-3-6(7)5-8-9(17)13-10(14-12)16-15-8/h1-4H,5,11-12H2,(H2,13,14,16,17). The maximum absolute atomic E-state index is 11.6. The number of nitrogens with zero attached hydrogens (tertiary/aromatic N) is 2. The number of hydrogen-bond acceptors (Lipinski definition) is 6. The smallest absolute Gasteiger partial charge is 0.274 e. The summed E-state index contributed by atoms with van der Waals surface area (Å²) in [6.07, 6.45) is 0.333. The molecule has 1 aromatic carbocycles. The monoisotopic (exact) mass is 232 g/mol. The van der Waals surface area contributed by atoms with E-state index < -0.39 is 0 Å². The highest BCUT2D eigenvalue weighted by Crippen LogP contribution is 2.12. The van der Waals surface area contributed by atoms with Gasteiger partial charge in [0.15, 0.2) is 0 Å². The van der Waals surface area contributed by atoms with E-state index in [1.54, 1.807) is 6.07 Å². The number of benzene rings is 1. The van der Waals surface area contributed by atoms with Crippen LogP contribution in [0.1, 0.15) is 11.3 Å². The summed E-state index contributed by atoms with van der Waals surface area (Å²) < 4.78 is 0. The molecule has 7 nitrogen and oxygen atoms in total. The van der Waals surface area contributed by atoms with Gasteiger partial charge in [-0.2, -0.15) is 0 Å². The van der Waals surface area contributed by atoms with E-state index >= 15 is 0 Å². The first-order valence-electron chi connectivity index (χ1n) is 4.96. The summed E-state index contributed by atoms with van der Waals surface area (Å²) in [4.78, 5) is 14.1. The Balaban J connectivity index is 2.31. The van der Waals surface area contributed by atoms with Gasteiger partial charge < -0.3 is 5.73 Å². The van der Waals surface area contributed by atoms with Crippen molar-refractivity contribution in [2.75, 3.05) is 11.2 Å². The predicted octanol–water partition coefficient (Wildman–Crippen LogP) is -0.377. The molecule has 0 radical (unpaired) electrons. The number of hydrazine groups is 1. The van der Waals surface area contributed by atoms with Crippen LogP contribution in [0.15, 0.2) is 29.1 Å². The third kappa shape index (κ3) is 2.40. The highest BCUT2D eigenvalue weighted by atomic mass is 16.1. The van der Waals surface area contributed by atoms with Crippen molar-refractivity contribution in [3.8, 4) is 0 Å². The van der Waals surface area contributed by atoms with Crippen LogP contribution in [-0.2, 0) is 6.42 Å². The van der Waals surface area contributed by atoms with Crippen molar-refractivity contribution in [2.45, 2.75) is 6.42 Å². The zero-order valence-electron chi connectivity index (χ0n) is 8.97. The quantitative estimate of drug-likeness (QED) is 0.325. The van der Waals surface area contributed by atoms with Crippen LogP contribution in [0.4, 0.5) is 11.6 Å². The predicted molar refractivity (Wildman–Crippen MR) is 64.1 cm³/mol. The molecule has 0 bridgehead atoms. The van der Waals surface area contributed by atoms with Crippen molar-refractivity contribution in [2.24, 2.45) is 5.84 Å². The van der Waals surface area contributed by atoms with Crippen molar-refractivity contribution in [1.29, 1.82) is 0 Å². The maximum Gasteiger partial charge on any atom is 0.274 e. The molecule has 0 atom stereocenters. The van der Waals surface area contributed by atoms with E-state index in [0.29, 0.717) is 17.8 Å². The third-order valence-electron chi connectivity index (χ3n) is 2.31. The molecule has 0 aliphatic rings. The zero-order chi connectivity index (χ0) is 12.3. The van der Waals surface area contributed by atoms with Gasteiger partial charge in [0.25, 0.3) is 5.56 Å². The van der Waals surface area contributed by atoms with Crippen LogP contribution >= 0.6 is 0 Å². The molecule has 0 spiro atoms. The van der Waals surface area contributed by atoms with Crippen LogP contribution in [0.25, 0.3) is 0 Å². The molecule has 6 N–H and O–H groups in total. The first-order chi connectivity index (χ1) is 8.20. The Hall–Kier alpha value is -2.41. The number of nitrogens with one attached hydrogen (secondary N) is 2. The molecule has 0 amide bonds. The number of nitrogens with two attached hydrogens (primary N) is 2. The summed E-state index contributed by atoms with van der Waals surface area (Å²) in [5, 5.41) is 7.50. The minimum atomic E-state index is -0.337. The highest BCUT2D eigenvalue weighted by Gasteiger charge is 2.07. The summed E-state index contributed by atoms with van der Waals surface area (Å²) in [6.45, 7) is 0. The van der Waals surface area contributed by atoms with Crippen LogP contribution in [0.5, 0.6) is 0 Å². The number of aromatic amines is 1. The molecule has 2 aromatic rings. The van der Waals surface area contributed by atoms with Crippen LogP contribution in [-0.4, -0.2) is 15.2 Å². The topological polar surface area (TPSA) is 123 Å². The van der Waals surface area contributed by atoms with Crippen molar-refractivity contribution >= 4 is 11.6 Å². The number of nitrogen functional groups attached to an aromatic ring is 2. The van der Waals surface area contributed by atoms with Gasteiger partial charge in [0, 0.05) is 12.1 Å². The molecule has 17 heavy (non-hydrogen) atoms. The normalized spacial score (nSPS) is 10.2. The van der Waals surface area contributed by atoms with Gasteiger partial charge in [0.1, 0.15) is 5.69 Å². The first kappa shape index (κ1) is 11.1. The van der Waals surface area contributed by atoms with E-state index in [-0.39, 0.29) is 11.5 Å². The Bertz CT molecular complexity index is 579. The fourth-order valence-electron chi connectivity index (χ4n) is 1.42. The molecular weight excluding hydrogens is 220 g/mol. The zero-order valence-corrected chi connectivity index (χ0v) is 8.97.